The molecule has 5 N–H and O–H groups in total. The number of amides is 3. The van der Waals surface area contributed by atoms with E-state index < -0.39 is 53.3 Å². The molecule has 226 valence electrons. The van der Waals surface area contributed by atoms with E-state index in [4.69, 9.17) is 10.5 Å². The lowest BCUT2D eigenvalue weighted by Crippen LogP contribution is -2.61. The van der Waals surface area contributed by atoms with Crippen molar-refractivity contribution < 1.29 is 33.8 Å². The van der Waals surface area contributed by atoms with E-state index in [1.807, 2.05) is 6.07 Å². The summed E-state index contributed by atoms with van der Waals surface area (Å²) in [6.45, 7) is 3.74. The van der Waals surface area contributed by atoms with Crippen molar-refractivity contribution in [3.8, 4) is 0 Å². The third kappa shape index (κ3) is 8.39. The molecule has 11 nitrogen and oxygen atoms in total. The molecule has 0 saturated carbocycles. The van der Waals surface area contributed by atoms with Crippen LogP contribution in [0.3, 0.4) is 0 Å². The van der Waals surface area contributed by atoms with Gasteiger partial charge in [-0.1, -0.05) is 55.5 Å². The van der Waals surface area contributed by atoms with Crippen molar-refractivity contribution in [3.63, 3.8) is 0 Å². The number of likely N-dealkylation sites (tertiary alicyclic amines) is 1. The number of aliphatic carboxylic acids is 1. The highest BCUT2D eigenvalue weighted by Crippen LogP contribution is 2.25. The number of nitrogens with zero attached hydrogens (tertiary/aromatic N) is 1. The van der Waals surface area contributed by atoms with E-state index in [1.54, 1.807) is 68.4 Å². The maximum absolute atomic E-state index is 13.6. The third-order valence-corrected chi connectivity index (χ3v) is 7.57. The SMILES string of the molecule is CC[C@](C)(NC(=O)[C@@H](N)CCCCOC(=O)c1ccccc1)C(=O)N[C@H](C(=O)N1CCC[C@@H]1C(=O)O)c1ccccc1. The minimum absolute atomic E-state index is 0.186. The summed E-state index contributed by atoms with van der Waals surface area (Å²) < 4.78 is 5.25. The fraction of sp³-hybridized carbons (Fsp3) is 0.452. The second kappa shape index (κ2) is 15.1. The summed E-state index contributed by atoms with van der Waals surface area (Å²) >= 11 is 0. The number of rotatable bonds is 14. The molecule has 2 aromatic rings. The Labute approximate surface area is 245 Å². The Morgan fingerprint density at radius 2 is 1.69 bits per heavy atom. The molecular formula is C31H40N4O7. The highest BCUT2D eigenvalue weighted by Gasteiger charge is 2.41. The van der Waals surface area contributed by atoms with Gasteiger partial charge in [0.05, 0.1) is 18.2 Å². The normalized spacial score (nSPS) is 17.4. The van der Waals surface area contributed by atoms with E-state index >= 15 is 0 Å². The molecule has 1 saturated heterocycles. The maximum atomic E-state index is 13.6. The van der Waals surface area contributed by atoms with E-state index in [-0.39, 0.29) is 19.6 Å². The van der Waals surface area contributed by atoms with Crippen molar-refractivity contribution in [2.75, 3.05) is 13.2 Å². The Morgan fingerprint density at radius 1 is 1.05 bits per heavy atom. The van der Waals surface area contributed by atoms with Gasteiger partial charge in [-0.05, 0) is 63.1 Å². The molecule has 4 atom stereocenters. The number of nitrogens with two attached hydrogens (primary N) is 1. The topological polar surface area (TPSA) is 168 Å². The first-order chi connectivity index (χ1) is 20.1. The molecule has 3 rings (SSSR count). The molecule has 0 radical (unpaired) electrons. The average molecular weight is 581 g/mol. The number of unbranched alkanes of at least 4 members (excludes halogenated alkanes) is 1. The first-order valence-electron chi connectivity index (χ1n) is 14.3. The largest absolute Gasteiger partial charge is 0.480 e. The second-order valence-electron chi connectivity index (χ2n) is 10.6. The molecule has 0 unspecified atom stereocenters. The van der Waals surface area contributed by atoms with Gasteiger partial charge in [0.25, 0.3) is 5.91 Å². The minimum atomic E-state index is -1.38. The third-order valence-electron chi connectivity index (χ3n) is 7.57. The van der Waals surface area contributed by atoms with Crippen LogP contribution in [0.2, 0.25) is 0 Å². The van der Waals surface area contributed by atoms with Crippen LogP contribution in [0, 0.1) is 0 Å². The van der Waals surface area contributed by atoms with Crippen molar-refractivity contribution in [2.45, 2.75) is 76.0 Å². The first kappa shape index (κ1) is 32.3. The van der Waals surface area contributed by atoms with Crippen molar-refractivity contribution in [3.05, 3.63) is 71.8 Å². The summed E-state index contributed by atoms with van der Waals surface area (Å²) in [5, 5.41) is 15.1. The van der Waals surface area contributed by atoms with Crippen LogP contribution in [0.15, 0.2) is 60.7 Å². The predicted molar refractivity (Wildman–Crippen MR) is 155 cm³/mol. The Kier molecular flexibility index (Phi) is 11.6. The smallest absolute Gasteiger partial charge is 0.338 e. The number of carbonyl (C=O) groups is 5. The number of hydrogen-bond donors (Lipinski definition) is 4. The first-order valence-corrected chi connectivity index (χ1v) is 14.3. The second-order valence-corrected chi connectivity index (χ2v) is 10.6. The molecule has 11 heteroatoms. The van der Waals surface area contributed by atoms with E-state index in [0.717, 1.165) is 0 Å². The molecular weight excluding hydrogens is 540 g/mol. The summed E-state index contributed by atoms with van der Waals surface area (Å²) in [7, 11) is 0. The van der Waals surface area contributed by atoms with Crippen molar-refractivity contribution in [2.24, 2.45) is 5.73 Å². The Hall–Kier alpha value is -4.25. The quantitative estimate of drug-likeness (QED) is 0.195. The standard InChI is InChI=1S/C31H40N4O7/c1-3-31(2,34-26(36)23(32)17-10-11-20-42-29(40)22-15-8-5-9-16-22)30(41)33-25(21-13-6-4-7-14-21)27(37)35-19-12-18-24(35)28(38)39/h4-9,13-16,23-25H,3,10-12,17-20,32H2,1-2H3,(H,33,41)(H,34,36)(H,38,39)/t23-,24+,25-,31-/m0/s1. The lowest BCUT2D eigenvalue weighted by atomic mass is 9.94. The lowest BCUT2D eigenvalue weighted by Gasteiger charge is -2.33. The molecule has 1 fully saturated rings. The number of hydrogen-bond acceptors (Lipinski definition) is 7. The minimum Gasteiger partial charge on any atom is -0.480 e. The van der Waals surface area contributed by atoms with Crippen LogP contribution in [-0.2, 0) is 23.9 Å². The van der Waals surface area contributed by atoms with Gasteiger partial charge < -0.3 is 31.1 Å². The predicted octanol–water partition coefficient (Wildman–Crippen LogP) is 2.56. The number of ether oxygens (including phenoxy) is 1. The summed E-state index contributed by atoms with van der Waals surface area (Å²) in [4.78, 5) is 65.1. The molecule has 0 bridgehead atoms. The van der Waals surface area contributed by atoms with Crippen LogP contribution in [-0.4, -0.2) is 70.4 Å². The summed E-state index contributed by atoms with van der Waals surface area (Å²) in [5.41, 5.74) is 5.69. The van der Waals surface area contributed by atoms with Gasteiger partial charge in [-0.2, -0.15) is 0 Å². The van der Waals surface area contributed by atoms with Gasteiger partial charge in [-0.15, -0.1) is 0 Å². The fourth-order valence-corrected chi connectivity index (χ4v) is 4.77. The molecule has 1 aliphatic rings. The molecule has 1 aliphatic heterocycles. The maximum Gasteiger partial charge on any atom is 0.338 e. The summed E-state index contributed by atoms with van der Waals surface area (Å²) in [6.07, 6.45) is 2.45. The molecule has 0 spiro atoms. The van der Waals surface area contributed by atoms with Gasteiger partial charge in [0.2, 0.25) is 11.8 Å². The summed E-state index contributed by atoms with van der Waals surface area (Å²) in [6, 6.07) is 14.2. The van der Waals surface area contributed by atoms with Gasteiger partial charge in [0, 0.05) is 6.54 Å². The highest BCUT2D eigenvalue weighted by molar-refractivity contribution is 5.96. The van der Waals surface area contributed by atoms with E-state index in [9.17, 15) is 29.1 Å². The van der Waals surface area contributed by atoms with Gasteiger partial charge in [0.15, 0.2) is 0 Å². The van der Waals surface area contributed by atoms with Crippen molar-refractivity contribution in [1.29, 1.82) is 0 Å². The van der Waals surface area contributed by atoms with Gasteiger partial charge in [-0.25, -0.2) is 9.59 Å². The molecule has 0 aromatic heterocycles. The summed E-state index contributed by atoms with van der Waals surface area (Å²) in [5.74, 6) is -3.14. The van der Waals surface area contributed by atoms with Crippen LogP contribution in [0.25, 0.3) is 0 Å². The average Bonchev–Trinajstić information content (AvgIpc) is 3.50. The number of carboxylic acid groups (broad SMARTS) is 1. The Morgan fingerprint density at radius 3 is 2.31 bits per heavy atom. The van der Waals surface area contributed by atoms with Crippen LogP contribution in [0.5, 0.6) is 0 Å². The molecule has 0 aliphatic carbocycles. The molecule has 42 heavy (non-hydrogen) atoms. The number of nitrogens with one attached hydrogen (secondary N) is 2. The van der Waals surface area contributed by atoms with E-state index in [0.29, 0.717) is 43.2 Å². The van der Waals surface area contributed by atoms with Gasteiger partial charge in [-0.3, -0.25) is 14.4 Å². The fourth-order valence-electron chi connectivity index (χ4n) is 4.77. The van der Waals surface area contributed by atoms with Crippen LogP contribution in [0.4, 0.5) is 0 Å². The van der Waals surface area contributed by atoms with Crippen molar-refractivity contribution in [1.82, 2.24) is 15.5 Å². The van der Waals surface area contributed by atoms with Gasteiger partial charge in [0.1, 0.15) is 17.6 Å². The van der Waals surface area contributed by atoms with Crippen LogP contribution >= 0.6 is 0 Å². The zero-order valence-corrected chi connectivity index (χ0v) is 24.1. The molecule has 1 heterocycles. The highest BCUT2D eigenvalue weighted by atomic mass is 16.5. The van der Waals surface area contributed by atoms with E-state index in [2.05, 4.69) is 10.6 Å². The number of benzene rings is 2. The Bertz CT molecular complexity index is 1240. The van der Waals surface area contributed by atoms with Crippen molar-refractivity contribution >= 4 is 29.7 Å². The molecule has 2 aromatic carbocycles. The lowest BCUT2D eigenvalue weighted by molar-refractivity contribution is -0.149. The van der Waals surface area contributed by atoms with Crippen LogP contribution in [0.1, 0.15) is 74.3 Å². The van der Waals surface area contributed by atoms with Crippen LogP contribution < -0.4 is 16.4 Å². The zero-order chi connectivity index (χ0) is 30.7. The number of carboxylic acids is 1. The molecule has 3 amide bonds. The zero-order valence-electron chi connectivity index (χ0n) is 24.1. The van der Waals surface area contributed by atoms with E-state index in [1.165, 1.54) is 4.90 Å². The number of carbonyl (C=O) groups excluding carboxylic acids is 4. The monoisotopic (exact) mass is 580 g/mol. The number of esters is 1. The Balaban J connectivity index is 1.58. The van der Waals surface area contributed by atoms with Gasteiger partial charge >= 0.3 is 11.9 Å².